The molecule has 0 aliphatic carbocycles. The van der Waals surface area contributed by atoms with E-state index in [0.717, 1.165) is 11.3 Å². The Labute approximate surface area is 115 Å². The Kier molecular flexibility index (Phi) is 3.22. The summed E-state index contributed by atoms with van der Waals surface area (Å²) in [6.07, 6.45) is 2.07. The number of carboxylic acid groups (broad SMARTS) is 1. The van der Waals surface area contributed by atoms with Gasteiger partial charge < -0.3 is 10.0 Å². The van der Waals surface area contributed by atoms with Crippen molar-refractivity contribution >= 4 is 23.6 Å². The van der Waals surface area contributed by atoms with Crippen LogP contribution in [0.15, 0.2) is 29.2 Å². The van der Waals surface area contributed by atoms with E-state index in [-0.39, 0.29) is 11.2 Å². The lowest BCUT2D eigenvalue weighted by Crippen LogP contribution is -2.44. The number of nitrogens with zero attached hydrogens (tertiary/aromatic N) is 1. The van der Waals surface area contributed by atoms with Gasteiger partial charge in [-0.2, -0.15) is 0 Å². The number of thioether (sulfide) groups is 1. The summed E-state index contributed by atoms with van der Waals surface area (Å²) < 4.78 is 0. The molecule has 2 aliphatic heterocycles. The zero-order chi connectivity index (χ0) is 13.4. The van der Waals surface area contributed by atoms with Crippen LogP contribution >= 0.6 is 11.8 Å². The van der Waals surface area contributed by atoms with Crippen LogP contribution in [0.3, 0.4) is 0 Å². The van der Waals surface area contributed by atoms with Crippen molar-refractivity contribution in [2.75, 3.05) is 6.54 Å². The molecule has 100 valence electrons. The number of aliphatic carboxylic acids is 1. The van der Waals surface area contributed by atoms with Crippen LogP contribution in [0.4, 0.5) is 0 Å². The molecule has 1 saturated heterocycles. The van der Waals surface area contributed by atoms with Gasteiger partial charge in [-0.15, -0.1) is 11.8 Å². The Morgan fingerprint density at radius 2 is 2.11 bits per heavy atom. The third kappa shape index (κ3) is 2.23. The lowest BCUT2D eigenvalue weighted by molar-refractivity contribution is -0.148. The number of benzene rings is 1. The van der Waals surface area contributed by atoms with Crippen molar-refractivity contribution in [1.82, 2.24) is 4.90 Å². The Morgan fingerprint density at radius 3 is 2.84 bits per heavy atom. The van der Waals surface area contributed by atoms with Crippen molar-refractivity contribution < 1.29 is 14.7 Å². The van der Waals surface area contributed by atoms with Crippen LogP contribution in [-0.4, -0.2) is 39.7 Å². The fourth-order valence-corrected chi connectivity index (χ4v) is 4.06. The summed E-state index contributed by atoms with van der Waals surface area (Å²) in [7, 11) is 0. The zero-order valence-corrected chi connectivity index (χ0v) is 11.2. The van der Waals surface area contributed by atoms with E-state index < -0.39 is 12.0 Å². The number of carbonyl (C=O) groups is 2. The second-order valence-corrected chi connectivity index (χ2v) is 6.19. The first-order valence-electron chi connectivity index (χ1n) is 6.44. The van der Waals surface area contributed by atoms with Gasteiger partial charge in [0.25, 0.3) is 0 Å². The maximum atomic E-state index is 12.5. The number of fused-ring (bicyclic) bond motifs is 1. The normalized spacial score (nSPS) is 25.4. The predicted octanol–water partition coefficient (Wildman–Crippen LogP) is 1.78. The van der Waals surface area contributed by atoms with Crippen LogP contribution in [0, 0.1) is 0 Å². The van der Waals surface area contributed by atoms with Crippen LogP contribution in [0.1, 0.15) is 18.4 Å². The van der Waals surface area contributed by atoms with Crippen LogP contribution in [0.25, 0.3) is 0 Å². The summed E-state index contributed by atoms with van der Waals surface area (Å²) in [5.41, 5.74) is 1.19. The van der Waals surface area contributed by atoms with Gasteiger partial charge in [-0.05, 0) is 30.9 Å². The van der Waals surface area contributed by atoms with Crippen LogP contribution in [0.2, 0.25) is 0 Å². The van der Waals surface area contributed by atoms with Gasteiger partial charge in [0.1, 0.15) is 6.04 Å². The Balaban J connectivity index is 1.74. The number of likely N-dealkylation sites (tertiary alicyclic amines) is 1. The molecular formula is C14H15NO3S. The molecule has 0 aromatic heterocycles. The van der Waals surface area contributed by atoms with E-state index in [1.54, 1.807) is 16.7 Å². The van der Waals surface area contributed by atoms with Crippen molar-refractivity contribution in [1.29, 1.82) is 0 Å². The third-order valence-electron chi connectivity index (χ3n) is 3.74. The molecule has 2 aliphatic rings. The first kappa shape index (κ1) is 12.5. The Bertz CT molecular complexity index is 506. The summed E-state index contributed by atoms with van der Waals surface area (Å²) in [6, 6.07) is 7.37. The molecule has 0 saturated carbocycles. The quantitative estimate of drug-likeness (QED) is 0.895. The molecule has 2 heterocycles. The first-order valence-corrected chi connectivity index (χ1v) is 7.32. The molecule has 19 heavy (non-hydrogen) atoms. The molecule has 0 spiro atoms. The smallest absolute Gasteiger partial charge is 0.326 e. The van der Waals surface area contributed by atoms with E-state index in [4.69, 9.17) is 5.11 Å². The molecule has 1 amide bonds. The molecule has 3 rings (SSSR count). The average Bonchev–Trinajstić information content (AvgIpc) is 3.04. The standard InChI is InChI=1S/C14H15NO3S/c16-13(15-7-3-5-10(15)14(17)18)12-8-9-4-1-2-6-11(9)19-12/h1-2,4,6,10,12H,3,5,7-8H2,(H,17,18)/t10-,12?/m0/s1. The molecule has 1 N–H and O–H groups in total. The topological polar surface area (TPSA) is 57.6 Å². The predicted molar refractivity (Wildman–Crippen MR) is 72.2 cm³/mol. The van der Waals surface area contributed by atoms with Crippen molar-refractivity contribution in [3.05, 3.63) is 29.8 Å². The highest BCUT2D eigenvalue weighted by atomic mass is 32.2. The second kappa shape index (κ2) is 4.89. The minimum Gasteiger partial charge on any atom is -0.480 e. The fraction of sp³-hybridized carbons (Fsp3) is 0.429. The van der Waals surface area contributed by atoms with E-state index in [1.807, 2.05) is 24.3 Å². The highest BCUT2D eigenvalue weighted by molar-refractivity contribution is 8.01. The molecule has 1 aromatic rings. The number of amides is 1. The maximum Gasteiger partial charge on any atom is 0.326 e. The molecule has 0 radical (unpaired) electrons. The molecular weight excluding hydrogens is 262 g/mol. The molecule has 0 bridgehead atoms. The summed E-state index contributed by atoms with van der Waals surface area (Å²) in [5, 5.41) is 8.99. The lowest BCUT2D eigenvalue weighted by atomic mass is 10.1. The largest absolute Gasteiger partial charge is 0.480 e. The Morgan fingerprint density at radius 1 is 1.32 bits per heavy atom. The minimum atomic E-state index is -0.883. The number of hydrogen-bond donors (Lipinski definition) is 1. The SMILES string of the molecule is O=C(O)[C@@H]1CCCN1C(=O)C1Cc2ccccc2S1. The van der Waals surface area contributed by atoms with Crippen molar-refractivity contribution in [3.63, 3.8) is 0 Å². The fourth-order valence-electron chi connectivity index (χ4n) is 2.79. The second-order valence-electron chi connectivity index (χ2n) is 4.95. The maximum absolute atomic E-state index is 12.5. The number of rotatable bonds is 2. The van der Waals surface area contributed by atoms with E-state index in [0.29, 0.717) is 19.4 Å². The van der Waals surface area contributed by atoms with Crippen molar-refractivity contribution in [3.8, 4) is 0 Å². The molecule has 2 atom stereocenters. The number of hydrogen-bond acceptors (Lipinski definition) is 3. The van der Waals surface area contributed by atoms with E-state index in [2.05, 4.69) is 0 Å². The van der Waals surface area contributed by atoms with E-state index in [9.17, 15) is 9.59 Å². The average molecular weight is 277 g/mol. The molecule has 5 heteroatoms. The lowest BCUT2D eigenvalue weighted by Gasteiger charge is -2.24. The van der Waals surface area contributed by atoms with Crippen LogP contribution in [0.5, 0.6) is 0 Å². The highest BCUT2D eigenvalue weighted by Crippen LogP contribution is 2.38. The van der Waals surface area contributed by atoms with Gasteiger partial charge in [0.15, 0.2) is 0 Å². The molecule has 1 fully saturated rings. The van der Waals surface area contributed by atoms with E-state index >= 15 is 0 Å². The van der Waals surface area contributed by atoms with Gasteiger partial charge in [-0.3, -0.25) is 4.79 Å². The minimum absolute atomic E-state index is 0.0221. The first-order chi connectivity index (χ1) is 9.16. The van der Waals surface area contributed by atoms with Crippen LogP contribution < -0.4 is 0 Å². The van der Waals surface area contributed by atoms with Gasteiger partial charge in [-0.25, -0.2) is 4.79 Å². The van der Waals surface area contributed by atoms with Crippen LogP contribution in [-0.2, 0) is 16.0 Å². The summed E-state index contributed by atoms with van der Waals surface area (Å²) >= 11 is 1.56. The molecule has 1 aromatic carbocycles. The summed E-state index contributed by atoms with van der Waals surface area (Å²) in [6.45, 7) is 0.573. The number of carboxylic acids is 1. The van der Waals surface area contributed by atoms with Crippen molar-refractivity contribution in [2.45, 2.75) is 35.4 Å². The highest BCUT2D eigenvalue weighted by Gasteiger charge is 2.39. The summed E-state index contributed by atoms with van der Waals surface area (Å²) in [4.78, 5) is 26.3. The number of carbonyl (C=O) groups excluding carboxylic acids is 1. The zero-order valence-electron chi connectivity index (χ0n) is 10.4. The van der Waals surface area contributed by atoms with Crippen molar-refractivity contribution in [2.24, 2.45) is 0 Å². The van der Waals surface area contributed by atoms with Gasteiger partial charge in [0, 0.05) is 11.4 Å². The summed E-state index contributed by atoms with van der Waals surface area (Å²) in [5.74, 6) is -0.905. The van der Waals surface area contributed by atoms with E-state index in [1.165, 1.54) is 5.56 Å². The van der Waals surface area contributed by atoms with Gasteiger partial charge in [0.05, 0.1) is 5.25 Å². The molecule has 4 nitrogen and oxygen atoms in total. The Hall–Kier alpha value is -1.49. The van der Waals surface area contributed by atoms with Gasteiger partial charge in [0.2, 0.25) is 5.91 Å². The monoisotopic (exact) mass is 277 g/mol. The van der Waals surface area contributed by atoms with Gasteiger partial charge >= 0.3 is 5.97 Å². The molecule has 1 unspecified atom stereocenters. The third-order valence-corrected chi connectivity index (χ3v) is 5.05. The van der Waals surface area contributed by atoms with Gasteiger partial charge in [-0.1, -0.05) is 18.2 Å².